The zero-order chi connectivity index (χ0) is 18.2. The Bertz CT molecular complexity index is 1040. The number of hydrogen-bond acceptors (Lipinski definition) is 2. The van der Waals surface area contributed by atoms with Crippen LogP contribution in [0.15, 0.2) is 59.5 Å². The maximum absolute atomic E-state index is 12.8. The molecule has 0 spiro atoms. The van der Waals surface area contributed by atoms with Crippen LogP contribution in [0.2, 0.25) is 0 Å². The Morgan fingerprint density at radius 3 is 2.16 bits per heavy atom. The van der Waals surface area contributed by atoms with Gasteiger partial charge >= 0.3 is 0 Å². The molecule has 130 valence electrons. The lowest BCUT2D eigenvalue weighted by Crippen LogP contribution is -2.27. The third kappa shape index (κ3) is 3.60. The van der Waals surface area contributed by atoms with E-state index < -0.39 is 10.0 Å². The lowest BCUT2D eigenvalue weighted by molar-refractivity contribution is 0.566. The quantitative estimate of drug-likeness (QED) is 0.732. The summed E-state index contributed by atoms with van der Waals surface area (Å²) in [4.78, 5) is 0.291. The molecule has 0 amide bonds. The molecule has 3 aromatic rings. The highest BCUT2D eigenvalue weighted by Gasteiger charge is 2.20. The van der Waals surface area contributed by atoms with Gasteiger partial charge in [0.25, 0.3) is 0 Å². The fourth-order valence-electron chi connectivity index (χ4n) is 3.15. The average Bonchev–Trinajstić information content (AvgIpc) is 2.57. The monoisotopic (exact) mass is 353 g/mol. The van der Waals surface area contributed by atoms with Gasteiger partial charge in [-0.05, 0) is 72.9 Å². The minimum atomic E-state index is -3.59. The molecule has 1 atom stereocenters. The number of rotatable bonds is 4. The second-order valence-electron chi connectivity index (χ2n) is 6.64. The molecule has 3 nitrogen and oxygen atoms in total. The summed E-state index contributed by atoms with van der Waals surface area (Å²) in [7, 11) is -3.59. The number of benzene rings is 3. The first-order chi connectivity index (χ1) is 11.8. The molecule has 0 fully saturated rings. The Balaban J connectivity index is 1.93. The fraction of sp³-hybridized carbons (Fsp3) is 0.238. The minimum Gasteiger partial charge on any atom is -0.207 e. The average molecular weight is 353 g/mol. The normalized spacial score (nSPS) is 13.1. The molecule has 0 unspecified atom stereocenters. The van der Waals surface area contributed by atoms with Gasteiger partial charge in [-0.15, -0.1) is 0 Å². The standard InChI is InChI=1S/C21H23NO2S/c1-14-11-16(3)21(12-15(14)2)17(4)22-25(23,24)20-10-9-18-7-5-6-8-19(18)13-20/h5-13,17,22H,1-4H3/t17-/m0/s1. The third-order valence-electron chi connectivity index (χ3n) is 4.71. The van der Waals surface area contributed by atoms with E-state index in [0.717, 1.165) is 27.5 Å². The van der Waals surface area contributed by atoms with E-state index in [9.17, 15) is 8.42 Å². The SMILES string of the molecule is Cc1cc(C)c([C@H](C)NS(=O)(=O)c2ccc3ccccc3c2)cc1C. The summed E-state index contributed by atoms with van der Waals surface area (Å²) in [5, 5.41) is 1.94. The molecule has 0 aliphatic heterocycles. The highest BCUT2D eigenvalue weighted by atomic mass is 32.2. The molecule has 0 saturated carbocycles. The Morgan fingerprint density at radius 1 is 0.800 bits per heavy atom. The second-order valence-corrected chi connectivity index (χ2v) is 8.36. The molecular weight excluding hydrogens is 330 g/mol. The topological polar surface area (TPSA) is 46.2 Å². The van der Waals surface area contributed by atoms with Crippen molar-refractivity contribution in [3.63, 3.8) is 0 Å². The molecule has 0 heterocycles. The molecule has 1 N–H and O–H groups in total. The van der Waals surface area contributed by atoms with Crippen molar-refractivity contribution in [1.82, 2.24) is 4.72 Å². The van der Waals surface area contributed by atoms with Crippen molar-refractivity contribution in [2.45, 2.75) is 38.6 Å². The van der Waals surface area contributed by atoms with E-state index in [1.165, 1.54) is 5.56 Å². The summed E-state index contributed by atoms with van der Waals surface area (Å²) in [6.45, 7) is 8.01. The Labute approximate surface area is 149 Å². The summed E-state index contributed by atoms with van der Waals surface area (Å²) >= 11 is 0. The Morgan fingerprint density at radius 2 is 1.44 bits per heavy atom. The molecule has 3 rings (SSSR count). The summed E-state index contributed by atoms with van der Waals surface area (Å²) in [5.41, 5.74) is 4.48. The molecule has 3 aromatic carbocycles. The zero-order valence-corrected chi connectivity index (χ0v) is 15.8. The van der Waals surface area contributed by atoms with E-state index in [1.807, 2.05) is 51.1 Å². The van der Waals surface area contributed by atoms with Crippen LogP contribution in [0.3, 0.4) is 0 Å². The Hall–Kier alpha value is -2.17. The predicted molar refractivity (Wildman–Crippen MR) is 103 cm³/mol. The van der Waals surface area contributed by atoms with Gasteiger partial charge < -0.3 is 0 Å². The van der Waals surface area contributed by atoms with Gasteiger partial charge in [-0.25, -0.2) is 13.1 Å². The second kappa shape index (κ2) is 6.62. The maximum Gasteiger partial charge on any atom is 0.241 e. The predicted octanol–water partition coefficient (Wildman–Crippen LogP) is 4.80. The minimum absolute atomic E-state index is 0.291. The van der Waals surface area contributed by atoms with Crippen molar-refractivity contribution in [2.75, 3.05) is 0 Å². The molecule has 0 aliphatic rings. The Kier molecular flexibility index (Phi) is 4.67. The van der Waals surface area contributed by atoms with E-state index >= 15 is 0 Å². The van der Waals surface area contributed by atoms with Gasteiger partial charge in [-0.2, -0.15) is 0 Å². The van der Waals surface area contributed by atoms with Crippen LogP contribution in [-0.4, -0.2) is 8.42 Å². The summed E-state index contributed by atoms with van der Waals surface area (Å²) in [5.74, 6) is 0. The van der Waals surface area contributed by atoms with Crippen molar-refractivity contribution in [3.8, 4) is 0 Å². The van der Waals surface area contributed by atoms with Crippen LogP contribution < -0.4 is 4.72 Å². The van der Waals surface area contributed by atoms with Crippen LogP contribution >= 0.6 is 0 Å². The molecular formula is C21H23NO2S. The van der Waals surface area contributed by atoms with Crippen LogP contribution in [0.4, 0.5) is 0 Å². The first kappa shape index (κ1) is 17.6. The van der Waals surface area contributed by atoms with E-state index in [1.54, 1.807) is 12.1 Å². The lowest BCUT2D eigenvalue weighted by atomic mass is 9.97. The molecule has 0 saturated heterocycles. The molecule has 4 heteroatoms. The highest BCUT2D eigenvalue weighted by molar-refractivity contribution is 7.89. The first-order valence-electron chi connectivity index (χ1n) is 8.37. The lowest BCUT2D eigenvalue weighted by Gasteiger charge is -2.18. The van der Waals surface area contributed by atoms with Gasteiger partial charge in [0.15, 0.2) is 0 Å². The van der Waals surface area contributed by atoms with E-state index in [-0.39, 0.29) is 6.04 Å². The molecule has 0 radical (unpaired) electrons. The van der Waals surface area contributed by atoms with Gasteiger partial charge in [-0.1, -0.05) is 42.5 Å². The number of sulfonamides is 1. The number of hydrogen-bond donors (Lipinski definition) is 1. The largest absolute Gasteiger partial charge is 0.241 e. The maximum atomic E-state index is 12.8. The summed E-state index contributed by atoms with van der Waals surface area (Å²) < 4.78 is 28.4. The van der Waals surface area contributed by atoms with Crippen LogP contribution in [0.5, 0.6) is 0 Å². The van der Waals surface area contributed by atoms with E-state index in [2.05, 4.69) is 23.8 Å². The van der Waals surface area contributed by atoms with Gasteiger partial charge in [0.05, 0.1) is 4.90 Å². The third-order valence-corrected chi connectivity index (χ3v) is 6.25. The van der Waals surface area contributed by atoms with Gasteiger partial charge in [0.2, 0.25) is 10.0 Å². The van der Waals surface area contributed by atoms with Crippen molar-refractivity contribution in [1.29, 1.82) is 0 Å². The van der Waals surface area contributed by atoms with Crippen molar-refractivity contribution >= 4 is 20.8 Å². The number of fused-ring (bicyclic) bond motifs is 1. The van der Waals surface area contributed by atoms with E-state index in [0.29, 0.717) is 4.90 Å². The van der Waals surface area contributed by atoms with Crippen molar-refractivity contribution < 1.29 is 8.42 Å². The first-order valence-corrected chi connectivity index (χ1v) is 9.85. The van der Waals surface area contributed by atoms with Crippen LogP contribution in [0.1, 0.15) is 35.2 Å². The zero-order valence-electron chi connectivity index (χ0n) is 15.0. The van der Waals surface area contributed by atoms with Crippen molar-refractivity contribution in [3.05, 3.63) is 76.9 Å². The number of nitrogens with one attached hydrogen (secondary N) is 1. The molecule has 0 aromatic heterocycles. The molecule has 25 heavy (non-hydrogen) atoms. The van der Waals surface area contributed by atoms with Gasteiger partial charge in [0.1, 0.15) is 0 Å². The number of aryl methyl sites for hydroxylation is 3. The van der Waals surface area contributed by atoms with Gasteiger partial charge in [-0.3, -0.25) is 0 Å². The molecule has 0 aliphatic carbocycles. The van der Waals surface area contributed by atoms with Gasteiger partial charge in [0, 0.05) is 6.04 Å². The van der Waals surface area contributed by atoms with Crippen LogP contribution in [0.25, 0.3) is 10.8 Å². The highest BCUT2D eigenvalue weighted by Crippen LogP contribution is 2.24. The van der Waals surface area contributed by atoms with Crippen molar-refractivity contribution in [2.24, 2.45) is 0 Å². The molecule has 0 bridgehead atoms. The summed E-state index contributed by atoms with van der Waals surface area (Å²) in [6, 6.07) is 16.8. The summed E-state index contributed by atoms with van der Waals surface area (Å²) in [6.07, 6.45) is 0. The van der Waals surface area contributed by atoms with Crippen LogP contribution in [-0.2, 0) is 10.0 Å². The fourth-order valence-corrected chi connectivity index (χ4v) is 4.41. The van der Waals surface area contributed by atoms with E-state index in [4.69, 9.17) is 0 Å². The smallest absolute Gasteiger partial charge is 0.207 e. The van der Waals surface area contributed by atoms with Crippen LogP contribution in [0, 0.1) is 20.8 Å².